The molecule has 2 atom stereocenters. The molecule has 0 radical (unpaired) electrons. The van der Waals surface area contributed by atoms with Crippen LogP contribution in [0, 0.1) is 0 Å². The summed E-state index contributed by atoms with van der Waals surface area (Å²) in [5.41, 5.74) is 4.76. The third kappa shape index (κ3) is 3.41. The smallest absolute Gasteiger partial charge is 0.405 e. The summed E-state index contributed by atoms with van der Waals surface area (Å²) in [6, 6.07) is -1.24. The van der Waals surface area contributed by atoms with E-state index < -0.39 is 24.1 Å². The average Bonchev–Trinajstić information content (AvgIpc) is 1.81. The Kier molecular flexibility index (Phi) is 3.32. The van der Waals surface area contributed by atoms with Crippen molar-refractivity contribution in [2.45, 2.75) is 19.1 Å². The molecule has 0 aromatic rings. The lowest BCUT2D eigenvalue weighted by Crippen LogP contribution is -2.50. The zero-order valence-corrected chi connectivity index (χ0v) is 5.94. The molecule has 5 N–H and O–H groups in total. The first-order valence-electron chi connectivity index (χ1n) is 2.92. The molecule has 0 saturated carbocycles. The van der Waals surface area contributed by atoms with Crippen molar-refractivity contribution >= 4 is 12.0 Å². The SMILES string of the molecule is CC(O)C(NC(=O)O)C(N)=O. The summed E-state index contributed by atoms with van der Waals surface area (Å²) in [4.78, 5) is 20.4. The number of hydrogen-bond donors (Lipinski definition) is 4. The van der Waals surface area contributed by atoms with Gasteiger partial charge in [0.15, 0.2) is 0 Å². The number of carboxylic acid groups (broad SMARTS) is 1. The first-order valence-corrected chi connectivity index (χ1v) is 2.92. The molecule has 0 saturated heterocycles. The van der Waals surface area contributed by atoms with Gasteiger partial charge in [-0.05, 0) is 6.92 Å². The van der Waals surface area contributed by atoms with Gasteiger partial charge in [-0.15, -0.1) is 0 Å². The van der Waals surface area contributed by atoms with Gasteiger partial charge in [0.05, 0.1) is 6.10 Å². The van der Waals surface area contributed by atoms with E-state index in [1.165, 1.54) is 6.92 Å². The second kappa shape index (κ2) is 3.77. The van der Waals surface area contributed by atoms with Gasteiger partial charge in [-0.1, -0.05) is 0 Å². The van der Waals surface area contributed by atoms with Gasteiger partial charge in [-0.2, -0.15) is 0 Å². The highest BCUT2D eigenvalue weighted by molar-refractivity contribution is 5.84. The fourth-order valence-electron chi connectivity index (χ4n) is 0.562. The molecule has 0 spiro atoms. The number of nitrogens with one attached hydrogen (secondary N) is 1. The number of primary amides is 1. The van der Waals surface area contributed by atoms with E-state index in [-0.39, 0.29) is 0 Å². The standard InChI is InChI=1S/C5H10N2O4/c1-2(8)3(4(6)9)7-5(10)11/h2-3,7-8H,1H3,(H2,6,9)(H,10,11). The van der Waals surface area contributed by atoms with E-state index in [1.807, 2.05) is 0 Å². The van der Waals surface area contributed by atoms with E-state index in [4.69, 9.17) is 15.9 Å². The maximum atomic E-state index is 10.4. The molecule has 0 bridgehead atoms. The van der Waals surface area contributed by atoms with Gasteiger partial charge in [0.2, 0.25) is 5.91 Å². The predicted molar refractivity (Wildman–Crippen MR) is 35.8 cm³/mol. The zero-order valence-electron chi connectivity index (χ0n) is 5.94. The van der Waals surface area contributed by atoms with E-state index in [1.54, 1.807) is 5.32 Å². The van der Waals surface area contributed by atoms with Crippen LogP contribution in [0.3, 0.4) is 0 Å². The molecule has 0 fully saturated rings. The first-order chi connectivity index (χ1) is 4.95. The Balaban J connectivity index is 4.12. The molecule has 0 aliphatic rings. The van der Waals surface area contributed by atoms with Crippen LogP contribution < -0.4 is 11.1 Å². The Hall–Kier alpha value is -1.30. The Labute approximate surface area is 63.0 Å². The average molecular weight is 162 g/mol. The van der Waals surface area contributed by atoms with E-state index in [2.05, 4.69) is 0 Å². The summed E-state index contributed by atoms with van der Waals surface area (Å²) in [6.45, 7) is 1.27. The molecule has 0 aromatic carbocycles. The van der Waals surface area contributed by atoms with Crippen LogP contribution in [0.15, 0.2) is 0 Å². The highest BCUT2D eigenvalue weighted by Crippen LogP contribution is 1.90. The Morgan fingerprint density at radius 2 is 2.00 bits per heavy atom. The third-order valence-corrected chi connectivity index (χ3v) is 1.07. The van der Waals surface area contributed by atoms with Crippen LogP contribution in [0.4, 0.5) is 4.79 Å². The molecule has 64 valence electrons. The highest BCUT2D eigenvalue weighted by atomic mass is 16.4. The van der Waals surface area contributed by atoms with Crippen molar-refractivity contribution in [1.29, 1.82) is 0 Å². The second-order valence-electron chi connectivity index (χ2n) is 2.07. The minimum absolute atomic E-state index is 0.901. The molecule has 2 amide bonds. The molecule has 0 aliphatic heterocycles. The van der Waals surface area contributed by atoms with Crippen molar-refractivity contribution in [2.24, 2.45) is 5.73 Å². The van der Waals surface area contributed by atoms with Crippen molar-refractivity contribution in [3.8, 4) is 0 Å². The number of carbonyl (C=O) groups is 2. The van der Waals surface area contributed by atoms with Crippen LogP contribution in [-0.2, 0) is 4.79 Å². The molecular formula is C5H10N2O4. The normalized spacial score (nSPS) is 15.1. The number of aliphatic hydroxyl groups excluding tert-OH is 1. The maximum Gasteiger partial charge on any atom is 0.405 e. The molecule has 6 nitrogen and oxygen atoms in total. The van der Waals surface area contributed by atoms with E-state index >= 15 is 0 Å². The van der Waals surface area contributed by atoms with E-state index in [0.717, 1.165) is 0 Å². The second-order valence-corrected chi connectivity index (χ2v) is 2.07. The molecule has 0 heterocycles. The highest BCUT2D eigenvalue weighted by Gasteiger charge is 2.22. The van der Waals surface area contributed by atoms with Gasteiger partial charge in [0, 0.05) is 0 Å². The lowest BCUT2D eigenvalue weighted by atomic mass is 10.2. The summed E-state index contributed by atoms with van der Waals surface area (Å²) in [5.74, 6) is -0.901. The number of rotatable bonds is 3. The quantitative estimate of drug-likeness (QED) is 0.404. The molecule has 0 rings (SSSR count). The minimum atomic E-state index is -1.39. The molecule has 11 heavy (non-hydrogen) atoms. The number of aliphatic hydroxyl groups is 1. The van der Waals surface area contributed by atoms with E-state index in [9.17, 15) is 9.59 Å². The molecule has 0 aromatic heterocycles. The summed E-state index contributed by atoms with van der Waals surface area (Å²) in [6.07, 6.45) is -2.52. The van der Waals surface area contributed by atoms with Gasteiger partial charge in [0.25, 0.3) is 0 Å². The molecule has 2 unspecified atom stereocenters. The summed E-state index contributed by atoms with van der Waals surface area (Å²) >= 11 is 0. The van der Waals surface area contributed by atoms with Crippen molar-refractivity contribution in [3.63, 3.8) is 0 Å². The van der Waals surface area contributed by atoms with Crippen molar-refractivity contribution in [1.82, 2.24) is 5.32 Å². The van der Waals surface area contributed by atoms with Crippen LogP contribution in [0.25, 0.3) is 0 Å². The number of nitrogens with two attached hydrogens (primary N) is 1. The molecule has 0 aliphatic carbocycles. The predicted octanol–water partition coefficient (Wildman–Crippen LogP) is -1.51. The summed E-state index contributed by atoms with van der Waals surface area (Å²) < 4.78 is 0. The number of carbonyl (C=O) groups excluding carboxylic acids is 1. The van der Waals surface area contributed by atoms with Crippen molar-refractivity contribution in [3.05, 3.63) is 0 Å². The van der Waals surface area contributed by atoms with Gasteiger partial charge in [-0.25, -0.2) is 4.79 Å². The number of amides is 2. The van der Waals surface area contributed by atoms with Gasteiger partial charge in [0.1, 0.15) is 6.04 Å². The van der Waals surface area contributed by atoms with Crippen LogP contribution >= 0.6 is 0 Å². The summed E-state index contributed by atoms with van der Waals surface area (Å²) in [7, 11) is 0. The van der Waals surface area contributed by atoms with Crippen LogP contribution in [0.2, 0.25) is 0 Å². The maximum absolute atomic E-state index is 10.4. The first kappa shape index (κ1) is 9.70. The minimum Gasteiger partial charge on any atom is -0.465 e. The third-order valence-electron chi connectivity index (χ3n) is 1.07. The number of hydrogen-bond acceptors (Lipinski definition) is 3. The Morgan fingerprint density at radius 1 is 1.55 bits per heavy atom. The lowest BCUT2D eigenvalue weighted by Gasteiger charge is -2.15. The van der Waals surface area contributed by atoms with Gasteiger partial charge in [-0.3, -0.25) is 4.79 Å². The Morgan fingerprint density at radius 3 is 2.09 bits per heavy atom. The lowest BCUT2D eigenvalue weighted by molar-refractivity contribution is -0.122. The zero-order chi connectivity index (χ0) is 9.02. The monoisotopic (exact) mass is 162 g/mol. The molecule has 6 heteroatoms. The van der Waals surface area contributed by atoms with Gasteiger partial charge < -0.3 is 21.3 Å². The van der Waals surface area contributed by atoms with E-state index in [0.29, 0.717) is 0 Å². The largest absolute Gasteiger partial charge is 0.465 e. The fraction of sp³-hybridized carbons (Fsp3) is 0.600. The van der Waals surface area contributed by atoms with Crippen molar-refractivity contribution in [2.75, 3.05) is 0 Å². The Bertz CT molecular complexity index is 168. The van der Waals surface area contributed by atoms with Crippen molar-refractivity contribution < 1.29 is 19.8 Å². The molecular weight excluding hydrogens is 152 g/mol. The van der Waals surface area contributed by atoms with Gasteiger partial charge >= 0.3 is 6.09 Å². The summed E-state index contributed by atoms with van der Waals surface area (Å²) in [5, 5.41) is 18.7. The fourth-order valence-corrected chi connectivity index (χ4v) is 0.562. The van der Waals surface area contributed by atoms with Crippen LogP contribution in [-0.4, -0.2) is 34.4 Å². The topological polar surface area (TPSA) is 113 Å². The van der Waals surface area contributed by atoms with Crippen LogP contribution in [0.1, 0.15) is 6.92 Å². The van der Waals surface area contributed by atoms with Crippen LogP contribution in [0.5, 0.6) is 0 Å².